The first-order valence-corrected chi connectivity index (χ1v) is 11.5. The largest absolute Gasteiger partial charge is 0.369 e. The number of anilines is 2. The molecule has 3 rings (SSSR count). The van der Waals surface area contributed by atoms with Gasteiger partial charge < -0.3 is 24.9 Å². The fourth-order valence-corrected chi connectivity index (χ4v) is 4.38. The smallest absolute Gasteiger partial charge is 0.320 e. The molecule has 30 heavy (non-hydrogen) atoms. The molecule has 166 valence electrons. The molecule has 2 fully saturated rings. The highest BCUT2D eigenvalue weighted by Crippen LogP contribution is 2.22. The lowest BCUT2D eigenvalue weighted by atomic mass is 9.97. The van der Waals surface area contributed by atoms with Crippen LogP contribution in [0.3, 0.4) is 0 Å². The maximum Gasteiger partial charge on any atom is 0.320 e. The van der Waals surface area contributed by atoms with Crippen molar-refractivity contribution in [3.63, 3.8) is 0 Å². The third-order valence-corrected chi connectivity index (χ3v) is 6.42. The van der Waals surface area contributed by atoms with Crippen molar-refractivity contribution >= 4 is 23.3 Å². The molecule has 7 nitrogen and oxygen atoms in total. The first kappa shape index (κ1) is 22.4. The second-order valence-corrected chi connectivity index (χ2v) is 8.20. The molecular formula is C23H37N5O2. The average Bonchev–Trinajstić information content (AvgIpc) is 2.80. The summed E-state index contributed by atoms with van der Waals surface area (Å²) in [7, 11) is 0. The SMILES string of the molecule is CCN1CCN(c2ccc(NC(=O)C3CCCN(C(=O)N(CC)CC)C3)cc2)CC1. The number of carbonyl (C=O) groups is 2. The van der Waals surface area contributed by atoms with Gasteiger partial charge in [-0.2, -0.15) is 0 Å². The Hall–Kier alpha value is -2.28. The first-order valence-electron chi connectivity index (χ1n) is 11.5. The molecule has 0 bridgehead atoms. The molecular weight excluding hydrogens is 378 g/mol. The van der Waals surface area contributed by atoms with Crippen LogP contribution in [0, 0.1) is 5.92 Å². The molecule has 0 aromatic heterocycles. The lowest BCUT2D eigenvalue weighted by Crippen LogP contribution is -2.49. The molecule has 2 aliphatic heterocycles. The van der Waals surface area contributed by atoms with Crippen LogP contribution in [-0.2, 0) is 4.79 Å². The Balaban J connectivity index is 1.53. The molecule has 1 atom stereocenters. The van der Waals surface area contributed by atoms with E-state index in [0.29, 0.717) is 19.6 Å². The van der Waals surface area contributed by atoms with E-state index in [9.17, 15) is 9.59 Å². The predicted molar refractivity (Wildman–Crippen MR) is 122 cm³/mol. The van der Waals surface area contributed by atoms with Gasteiger partial charge in [0, 0.05) is 63.7 Å². The van der Waals surface area contributed by atoms with Gasteiger partial charge in [0.05, 0.1) is 5.92 Å². The Morgan fingerprint density at radius 2 is 1.67 bits per heavy atom. The minimum Gasteiger partial charge on any atom is -0.369 e. The fraction of sp³-hybridized carbons (Fsp3) is 0.652. The standard InChI is InChI=1S/C23H37N5O2/c1-4-25-14-16-27(17-15-25)21-11-9-20(10-12-21)24-22(29)19-8-7-13-28(18-19)23(30)26(5-2)6-3/h9-12,19H,4-8,13-18H2,1-3H3,(H,24,29). The monoisotopic (exact) mass is 415 g/mol. The molecule has 2 aliphatic rings. The van der Waals surface area contributed by atoms with Crippen LogP contribution in [0.2, 0.25) is 0 Å². The van der Waals surface area contributed by atoms with Crippen LogP contribution in [0.4, 0.5) is 16.2 Å². The Bertz CT molecular complexity index is 696. The van der Waals surface area contributed by atoms with Gasteiger partial charge in [-0.25, -0.2) is 4.79 Å². The van der Waals surface area contributed by atoms with Crippen LogP contribution in [0.25, 0.3) is 0 Å². The summed E-state index contributed by atoms with van der Waals surface area (Å²) in [5.41, 5.74) is 2.03. The van der Waals surface area contributed by atoms with E-state index in [1.165, 1.54) is 5.69 Å². The summed E-state index contributed by atoms with van der Waals surface area (Å²) in [6, 6.07) is 8.20. The van der Waals surface area contributed by atoms with E-state index in [1.807, 2.05) is 35.8 Å². The van der Waals surface area contributed by atoms with Crippen LogP contribution in [0.15, 0.2) is 24.3 Å². The van der Waals surface area contributed by atoms with Crippen molar-refractivity contribution in [3.8, 4) is 0 Å². The molecule has 0 radical (unpaired) electrons. The number of piperidine rings is 1. The maximum atomic E-state index is 12.8. The number of likely N-dealkylation sites (tertiary alicyclic amines) is 1. The summed E-state index contributed by atoms with van der Waals surface area (Å²) >= 11 is 0. The van der Waals surface area contributed by atoms with E-state index >= 15 is 0 Å². The second kappa shape index (κ2) is 10.7. The van der Waals surface area contributed by atoms with Crippen molar-refractivity contribution in [2.75, 3.05) is 69.1 Å². The molecule has 1 unspecified atom stereocenters. The highest BCUT2D eigenvalue weighted by atomic mass is 16.2. The number of nitrogens with zero attached hydrogens (tertiary/aromatic N) is 4. The number of hydrogen-bond donors (Lipinski definition) is 1. The number of amides is 3. The zero-order chi connectivity index (χ0) is 21.5. The minimum absolute atomic E-state index is 0.0105. The zero-order valence-electron chi connectivity index (χ0n) is 18.8. The number of piperazine rings is 1. The van der Waals surface area contributed by atoms with Crippen LogP contribution < -0.4 is 10.2 Å². The average molecular weight is 416 g/mol. The van der Waals surface area contributed by atoms with Crippen LogP contribution >= 0.6 is 0 Å². The number of carbonyl (C=O) groups excluding carboxylic acids is 2. The highest BCUT2D eigenvalue weighted by molar-refractivity contribution is 5.93. The van der Waals surface area contributed by atoms with Crippen LogP contribution in [-0.4, -0.2) is 85.5 Å². The van der Waals surface area contributed by atoms with Gasteiger partial charge in [-0.1, -0.05) is 6.92 Å². The number of rotatable bonds is 6. The van der Waals surface area contributed by atoms with Gasteiger partial charge in [-0.05, 0) is 57.5 Å². The van der Waals surface area contributed by atoms with E-state index in [2.05, 4.69) is 34.2 Å². The van der Waals surface area contributed by atoms with Crippen LogP contribution in [0.1, 0.15) is 33.6 Å². The summed E-state index contributed by atoms with van der Waals surface area (Å²) in [6.07, 6.45) is 1.70. The van der Waals surface area contributed by atoms with Gasteiger partial charge in [-0.3, -0.25) is 4.79 Å². The molecule has 1 aromatic carbocycles. The van der Waals surface area contributed by atoms with Gasteiger partial charge in [0.2, 0.25) is 5.91 Å². The lowest BCUT2D eigenvalue weighted by Gasteiger charge is -2.36. The zero-order valence-corrected chi connectivity index (χ0v) is 18.8. The third-order valence-electron chi connectivity index (χ3n) is 6.42. The highest BCUT2D eigenvalue weighted by Gasteiger charge is 2.30. The van der Waals surface area contributed by atoms with Gasteiger partial charge in [0.1, 0.15) is 0 Å². The van der Waals surface area contributed by atoms with Crippen molar-refractivity contribution in [1.82, 2.24) is 14.7 Å². The quantitative estimate of drug-likeness (QED) is 0.776. The van der Waals surface area contributed by atoms with Gasteiger partial charge in [-0.15, -0.1) is 0 Å². The van der Waals surface area contributed by atoms with Crippen LogP contribution in [0.5, 0.6) is 0 Å². The van der Waals surface area contributed by atoms with Crippen molar-refractivity contribution in [3.05, 3.63) is 24.3 Å². The van der Waals surface area contributed by atoms with E-state index in [-0.39, 0.29) is 17.9 Å². The second-order valence-electron chi connectivity index (χ2n) is 8.20. The molecule has 3 amide bonds. The molecule has 1 aromatic rings. The summed E-state index contributed by atoms with van der Waals surface area (Å²) in [5.74, 6) is -0.142. The maximum absolute atomic E-state index is 12.8. The Morgan fingerprint density at radius 1 is 1.00 bits per heavy atom. The molecule has 2 saturated heterocycles. The molecule has 0 saturated carbocycles. The molecule has 1 N–H and O–H groups in total. The van der Waals surface area contributed by atoms with Crippen molar-refractivity contribution in [2.24, 2.45) is 5.92 Å². The van der Waals surface area contributed by atoms with Crippen molar-refractivity contribution in [2.45, 2.75) is 33.6 Å². The summed E-state index contributed by atoms with van der Waals surface area (Å²) in [4.78, 5) is 34.0. The van der Waals surface area contributed by atoms with E-state index in [0.717, 1.165) is 57.8 Å². The van der Waals surface area contributed by atoms with E-state index < -0.39 is 0 Å². The normalized spacial score (nSPS) is 20.2. The van der Waals surface area contributed by atoms with Crippen molar-refractivity contribution < 1.29 is 9.59 Å². The number of benzene rings is 1. The number of hydrogen-bond acceptors (Lipinski definition) is 4. The van der Waals surface area contributed by atoms with Crippen molar-refractivity contribution in [1.29, 1.82) is 0 Å². The molecule has 0 aliphatic carbocycles. The lowest BCUT2D eigenvalue weighted by molar-refractivity contribution is -0.121. The Morgan fingerprint density at radius 3 is 2.27 bits per heavy atom. The number of nitrogens with one attached hydrogen (secondary N) is 1. The van der Waals surface area contributed by atoms with E-state index in [4.69, 9.17) is 0 Å². The van der Waals surface area contributed by atoms with Gasteiger partial charge >= 0.3 is 6.03 Å². The Kier molecular flexibility index (Phi) is 7.96. The number of likely N-dealkylation sites (N-methyl/N-ethyl adjacent to an activating group) is 1. The minimum atomic E-state index is -0.153. The van der Waals surface area contributed by atoms with Gasteiger partial charge in [0.15, 0.2) is 0 Å². The summed E-state index contributed by atoms with van der Waals surface area (Å²) in [6.45, 7) is 14.2. The first-order chi connectivity index (χ1) is 14.5. The molecule has 0 spiro atoms. The van der Waals surface area contributed by atoms with Gasteiger partial charge in [0.25, 0.3) is 0 Å². The number of urea groups is 1. The summed E-state index contributed by atoms with van der Waals surface area (Å²) < 4.78 is 0. The topological polar surface area (TPSA) is 59.1 Å². The van der Waals surface area contributed by atoms with E-state index in [1.54, 1.807) is 0 Å². The Labute approximate surface area is 181 Å². The molecule has 7 heteroatoms. The molecule has 2 heterocycles. The summed E-state index contributed by atoms with van der Waals surface area (Å²) in [5, 5.41) is 3.06. The fourth-order valence-electron chi connectivity index (χ4n) is 4.38. The third kappa shape index (κ3) is 5.45. The predicted octanol–water partition coefficient (Wildman–Crippen LogP) is 2.94.